The zero-order valence-electron chi connectivity index (χ0n) is 18.7. The van der Waals surface area contributed by atoms with E-state index in [9.17, 15) is 4.79 Å². The highest BCUT2D eigenvalue weighted by Gasteiger charge is 2.16. The molecule has 4 rings (SSSR count). The van der Waals surface area contributed by atoms with E-state index in [-0.39, 0.29) is 11.7 Å². The molecule has 0 spiro atoms. The second-order valence-electron chi connectivity index (χ2n) is 7.73. The lowest BCUT2D eigenvalue weighted by atomic mass is 10.1. The van der Waals surface area contributed by atoms with Crippen LogP contribution in [0.3, 0.4) is 0 Å². The molecular formula is C26H26N4O2S. The van der Waals surface area contributed by atoms with Gasteiger partial charge >= 0.3 is 0 Å². The number of nitrogens with zero attached hydrogens (tertiary/aromatic N) is 3. The molecule has 0 bridgehead atoms. The number of aromatic nitrogens is 3. The van der Waals surface area contributed by atoms with Crippen molar-refractivity contribution in [2.24, 2.45) is 0 Å². The van der Waals surface area contributed by atoms with Gasteiger partial charge in [-0.05, 0) is 43.2 Å². The van der Waals surface area contributed by atoms with E-state index in [1.54, 1.807) is 0 Å². The number of amides is 1. The second kappa shape index (κ2) is 10.8. The molecule has 0 radical (unpaired) electrons. The number of carbonyl (C=O) groups is 1. The van der Waals surface area contributed by atoms with Gasteiger partial charge in [-0.2, -0.15) is 0 Å². The van der Waals surface area contributed by atoms with E-state index in [2.05, 4.69) is 33.7 Å². The highest BCUT2D eigenvalue weighted by molar-refractivity contribution is 7.99. The Kier molecular flexibility index (Phi) is 7.42. The van der Waals surface area contributed by atoms with Crippen LogP contribution in [0.4, 0.5) is 5.69 Å². The number of hydrogen-bond donors (Lipinski definition) is 1. The molecule has 3 aromatic carbocycles. The van der Waals surface area contributed by atoms with Crippen LogP contribution in [0.25, 0.3) is 0 Å². The van der Waals surface area contributed by atoms with Crippen molar-refractivity contribution < 1.29 is 9.53 Å². The van der Waals surface area contributed by atoms with E-state index < -0.39 is 0 Å². The van der Waals surface area contributed by atoms with Gasteiger partial charge in [0.2, 0.25) is 5.91 Å². The third-order valence-electron chi connectivity index (χ3n) is 5.08. The van der Waals surface area contributed by atoms with Gasteiger partial charge in [0.1, 0.15) is 12.4 Å². The van der Waals surface area contributed by atoms with E-state index in [1.165, 1.54) is 17.3 Å². The molecule has 0 atom stereocenters. The number of anilines is 1. The molecule has 6 nitrogen and oxygen atoms in total. The Morgan fingerprint density at radius 1 is 0.970 bits per heavy atom. The first-order chi connectivity index (χ1) is 16.1. The molecular weight excluding hydrogens is 432 g/mol. The quantitative estimate of drug-likeness (QED) is 0.347. The van der Waals surface area contributed by atoms with Gasteiger partial charge in [-0.3, -0.25) is 9.36 Å². The maximum absolute atomic E-state index is 12.6. The summed E-state index contributed by atoms with van der Waals surface area (Å²) in [4.78, 5) is 12.6. The lowest BCUT2D eigenvalue weighted by Gasteiger charge is -2.12. The van der Waals surface area contributed by atoms with Crippen LogP contribution in [0.1, 0.15) is 22.5 Å². The first kappa shape index (κ1) is 22.6. The summed E-state index contributed by atoms with van der Waals surface area (Å²) in [5.41, 5.74) is 4.16. The first-order valence-electron chi connectivity index (χ1n) is 10.7. The predicted octanol–water partition coefficient (Wildman–Crippen LogP) is 5.25. The van der Waals surface area contributed by atoms with E-state index >= 15 is 0 Å². The third-order valence-corrected chi connectivity index (χ3v) is 6.04. The molecule has 0 aliphatic carbocycles. The van der Waals surface area contributed by atoms with Crippen molar-refractivity contribution in [3.05, 3.63) is 101 Å². The van der Waals surface area contributed by atoms with Crippen LogP contribution in [0, 0.1) is 13.8 Å². The van der Waals surface area contributed by atoms with Crippen LogP contribution in [-0.2, 0) is 17.9 Å². The van der Waals surface area contributed by atoms with Crippen molar-refractivity contribution in [3.8, 4) is 5.75 Å². The Labute approximate surface area is 198 Å². The van der Waals surface area contributed by atoms with E-state index in [1.807, 2.05) is 79.1 Å². The zero-order valence-corrected chi connectivity index (χ0v) is 19.5. The van der Waals surface area contributed by atoms with E-state index in [0.29, 0.717) is 24.1 Å². The number of hydrogen-bond acceptors (Lipinski definition) is 5. The summed E-state index contributed by atoms with van der Waals surface area (Å²) in [5, 5.41) is 12.4. The molecule has 168 valence electrons. The fraction of sp³-hybridized carbons (Fsp3) is 0.192. The molecule has 0 saturated heterocycles. The largest absolute Gasteiger partial charge is 0.486 e. The average Bonchev–Trinajstić information content (AvgIpc) is 3.21. The number of aryl methyl sites for hydroxylation is 2. The van der Waals surface area contributed by atoms with Crippen molar-refractivity contribution in [1.29, 1.82) is 0 Å². The van der Waals surface area contributed by atoms with Gasteiger partial charge in [-0.1, -0.05) is 78.0 Å². The summed E-state index contributed by atoms with van der Waals surface area (Å²) >= 11 is 1.37. The van der Waals surface area contributed by atoms with Crippen LogP contribution in [-0.4, -0.2) is 26.4 Å². The van der Waals surface area contributed by atoms with Crippen LogP contribution in [0.5, 0.6) is 5.75 Å². The van der Waals surface area contributed by atoms with Crippen LogP contribution >= 0.6 is 11.8 Å². The molecule has 1 heterocycles. The molecule has 4 aromatic rings. The lowest BCUT2D eigenvalue weighted by Crippen LogP contribution is -2.16. The van der Waals surface area contributed by atoms with Crippen LogP contribution < -0.4 is 10.1 Å². The Bertz CT molecular complexity index is 1210. The Balaban J connectivity index is 1.46. The fourth-order valence-corrected chi connectivity index (χ4v) is 4.15. The molecule has 7 heteroatoms. The van der Waals surface area contributed by atoms with Crippen LogP contribution in [0.15, 0.2) is 84.0 Å². The molecule has 0 aliphatic rings. The van der Waals surface area contributed by atoms with Gasteiger partial charge in [0, 0.05) is 5.69 Å². The maximum Gasteiger partial charge on any atom is 0.234 e. The number of benzene rings is 3. The minimum atomic E-state index is -0.0803. The van der Waals surface area contributed by atoms with Gasteiger partial charge in [-0.25, -0.2) is 0 Å². The minimum Gasteiger partial charge on any atom is -0.486 e. The van der Waals surface area contributed by atoms with E-state index in [0.717, 1.165) is 22.6 Å². The smallest absolute Gasteiger partial charge is 0.234 e. The van der Waals surface area contributed by atoms with Gasteiger partial charge in [0.15, 0.2) is 11.0 Å². The minimum absolute atomic E-state index is 0.0803. The lowest BCUT2D eigenvalue weighted by molar-refractivity contribution is -0.113. The number of carbonyl (C=O) groups excluding carboxylic acids is 1. The van der Waals surface area contributed by atoms with Crippen molar-refractivity contribution in [2.45, 2.75) is 32.2 Å². The van der Waals surface area contributed by atoms with Gasteiger partial charge in [0.25, 0.3) is 0 Å². The summed E-state index contributed by atoms with van der Waals surface area (Å²) in [6.07, 6.45) is 0. The molecule has 0 saturated carbocycles. The van der Waals surface area contributed by atoms with Gasteiger partial charge in [0.05, 0.1) is 12.3 Å². The Morgan fingerprint density at radius 2 is 1.70 bits per heavy atom. The molecule has 1 N–H and O–H groups in total. The number of thioether (sulfide) groups is 1. The van der Waals surface area contributed by atoms with Crippen molar-refractivity contribution in [3.63, 3.8) is 0 Å². The Hall–Kier alpha value is -3.58. The van der Waals surface area contributed by atoms with Crippen LogP contribution in [0.2, 0.25) is 0 Å². The first-order valence-corrected chi connectivity index (χ1v) is 11.7. The van der Waals surface area contributed by atoms with E-state index in [4.69, 9.17) is 4.74 Å². The van der Waals surface area contributed by atoms with Crippen molar-refractivity contribution in [1.82, 2.24) is 14.8 Å². The molecule has 0 fully saturated rings. The third kappa shape index (κ3) is 6.23. The van der Waals surface area contributed by atoms with Crippen molar-refractivity contribution in [2.75, 3.05) is 11.1 Å². The molecule has 1 aromatic heterocycles. The zero-order chi connectivity index (χ0) is 23.0. The summed E-state index contributed by atoms with van der Waals surface area (Å²) in [5.74, 6) is 1.64. The van der Waals surface area contributed by atoms with Crippen molar-refractivity contribution >= 4 is 23.4 Å². The highest BCUT2D eigenvalue weighted by atomic mass is 32.2. The topological polar surface area (TPSA) is 69.0 Å². The molecule has 33 heavy (non-hydrogen) atoms. The molecule has 0 aliphatic heterocycles. The van der Waals surface area contributed by atoms with Gasteiger partial charge < -0.3 is 10.1 Å². The maximum atomic E-state index is 12.6. The summed E-state index contributed by atoms with van der Waals surface area (Å²) in [7, 11) is 0. The molecule has 0 unspecified atom stereocenters. The summed E-state index contributed by atoms with van der Waals surface area (Å²) < 4.78 is 7.91. The Morgan fingerprint density at radius 3 is 2.42 bits per heavy atom. The normalized spacial score (nSPS) is 10.7. The van der Waals surface area contributed by atoms with Gasteiger partial charge in [-0.15, -0.1) is 10.2 Å². The number of para-hydroxylation sites is 1. The average molecular weight is 459 g/mol. The standard InChI is InChI=1S/C26H26N4O2S/c1-19-13-14-23(20(2)15-19)27-25(31)18-33-26-29-28-24(17-32-22-11-7-4-8-12-22)30(26)16-21-9-5-3-6-10-21/h3-15H,16-18H2,1-2H3,(H,27,31). The SMILES string of the molecule is Cc1ccc(NC(=O)CSc2nnc(COc3ccccc3)n2Cc2ccccc2)c(C)c1. The number of nitrogens with one attached hydrogen (secondary N) is 1. The predicted molar refractivity (Wildman–Crippen MR) is 132 cm³/mol. The summed E-state index contributed by atoms with van der Waals surface area (Å²) in [6, 6.07) is 25.7. The summed E-state index contributed by atoms with van der Waals surface area (Å²) in [6.45, 7) is 4.92. The highest BCUT2D eigenvalue weighted by Crippen LogP contribution is 2.22. The fourth-order valence-electron chi connectivity index (χ4n) is 3.39. The molecule has 1 amide bonds. The number of rotatable bonds is 9. The second-order valence-corrected chi connectivity index (χ2v) is 8.67. The monoisotopic (exact) mass is 458 g/mol. The number of ether oxygens (including phenoxy) is 1.